The standard InChI is InChI=1S/C17H24N4O2/c1-10-9-14(7-8-15(10)23-6)19-17(22)18-11(2)16-12(3)20-21(5)13(16)4/h7-9,11H,1-6H3,(H2,18,19,22)/t11-/m1/s1. The summed E-state index contributed by atoms with van der Waals surface area (Å²) in [6.45, 7) is 7.84. The van der Waals surface area contributed by atoms with E-state index in [0.29, 0.717) is 0 Å². The van der Waals surface area contributed by atoms with Gasteiger partial charge in [0, 0.05) is 24.0 Å². The Bertz CT molecular complexity index is 722. The molecule has 1 aromatic carbocycles. The van der Waals surface area contributed by atoms with Crippen molar-refractivity contribution in [3.63, 3.8) is 0 Å². The highest BCUT2D eigenvalue weighted by atomic mass is 16.5. The van der Waals surface area contributed by atoms with Gasteiger partial charge in [0.25, 0.3) is 0 Å². The lowest BCUT2D eigenvalue weighted by molar-refractivity contribution is 0.249. The van der Waals surface area contributed by atoms with Gasteiger partial charge in [-0.2, -0.15) is 5.10 Å². The Kier molecular flexibility index (Phi) is 4.93. The van der Waals surface area contributed by atoms with E-state index < -0.39 is 0 Å². The number of amides is 2. The molecule has 0 bridgehead atoms. The van der Waals surface area contributed by atoms with E-state index in [2.05, 4.69) is 15.7 Å². The lowest BCUT2D eigenvalue weighted by Crippen LogP contribution is -2.31. The fraction of sp³-hybridized carbons (Fsp3) is 0.412. The number of rotatable bonds is 4. The first-order valence-electron chi connectivity index (χ1n) is 7.55. The number of ether oxygens (including phenoxy) is 1. The number of benzene rings is 1. The fourth-order valence-electron chi connectivity index (χ4n) is 2.81. The number of carbonyl (C=O) groups is 1. The topological polar surface area (TPSA) is 68.2 Å². The number of anilines is 1. The van der Waals surface area contributed by atoms with Crippen molar-refractivity contribution >= 4 is 11.7 Å². The molecule has 2 amide bonds. The van der Waals surface area contributed by atoms with Crippen LogP contribution in [0, 0.1) is 20.8 Å². The first kappa shape index (κ1) is 16.9. The van der Waals surface area contributed by atoms with Gasteiger partial charge in [0.05, 0.1) is 18.8 Å². The summed E-state index contributed by atoms with van der Waals surface area (Å²) in [7, 11) is 3.53. The van der Waals surface area contributed by atoms with Gasteiger partial charge in [0.1, 0.15) is 5.75 Å². The lowest BCUT2D eigenvalue weighted by Gasteiger charge is -2.16. The summed E-state index contributed by atoms with van der Waals surface area (Å²) in [6, 6.07) is 5.16. The number of hydrogen-bond donors (Lipinski definition) is 2. The highest BCUT2D eigenvalue weighted by Gasteiger charge is 2.18. The van der Waals surface area contributed by atoms with E-state index >= 15 is 0 Å². The molecule has 0 radical (unpaired) electrons. The van der Waals surface area contributed by atoms with Crippen LogP contribution in [-0.4, -0.2) is 22.9 Å². The van der Waals surface area contributed by atoms with E-state index in [1.165, 1.54) is 0 Å². The van der Waals surface area contributed by atoms with Crippen LogP contribution < -0.4 is 15.4 Å². The van der Waals surface area contributed by atoms with Crippen LogP contribution in [0.2, 0.25) is 0 Å². The van der Waals surface area contributed by atoms with E-state index in [9.17, 15) is 4.79 Å². The van der Waals surface area contributed by atoms with Crippen LogP contribution >= 0.6 is 0 Å². The van der Waals surface area contributed by atoms with E-state index in [4.69, 9.17) is 4.74 Å². The van der Waals surface area contributed by atoms with Crippen LogP contribution in [0.1, 0.15) is 35.5 Å². The van der Waals surface area contributed by atoms with Gasteiger partial charge in [-0.05, 0) is 51.5 Å². The van der Waals surface area contributed by atoms with Crippen molar-refractivity contribution in [2.24, 2.45) is 7.05 Å². The van der Waals surface area contributed by atoms with Gasteiger partial charge in [-0.3, -0.25) is 4.68 Å². The zero-order valence-electron chi connectivity index (χ0n) is 14.5. The molecular weight excluding hydrogens is 292 g/mol. The predicted molar refractivity (Wildman–Crippen MR) is 91.0 cm³/mol. The number of urea groups is 1. The number of methoxy groups -OCH3 is 1. The predicted octanol–water partition coefficient (Wildman–Crippen LogP) is 3.24. The van der Waals surface area contributed by atoms with Gasteiger partial charge >= 0.3 is 6.03 Å². The zero-order valence-corrected chi connectivity index (χ0v) is 14.5. The average molecular weight is 316 g/mol. The van der Waals surface area contributed by atoms with E-state index in [1.54, 1.807) is 7.11 Å². The Morgan fingerprint density at radius 3 is 2.52 bits per heavy atom. The van der Waals surface area contributed by atoms with Gasteiger partial charge < -0.3 is 15.4 Å². The molecule has 1 heterocycles. The molecule has 6 heteroatoms. The molecule has 2 rings (SSSR count). The van der Waals surface area contributed by atoms with Gasteiger partial charge in [-0.15, -0.1) is 0 Å². The number of nitrogens with zero attached hydrogens (tertiary/aromatic N) is 2. The van der Waals surface area contributed by atoms with Crippen LogP contribution in [-0.2, 0) is 7.05 Å². The van der Waals surface area contributed by atoms with Crippen molar-refractivity contribution in [2.75, 3.05) is 12.4 Å². The van der Waals surface area contributed by atoms with Crippen molar-refractivity contribution in [3.8, 4) is 5.75 Å². The van der Waals surface area contributed by atoms with E-state index in [1.807, 2.05) is 57.6 Å². The molecule has 0 aliphatic carbocycles. The maximum atomic E-state index is 12.2. The van der Waals surface area contributed by atoms with Gasteiger partial charge in [0.2, 0.25) is 0 Å². The molecule has 23 heavy (non-hydrogen) atoms. The second-order valence-corrected chi connectivity index (χ2v) is 5.71. The van der Waals surface area contributed by atoms with Crippen molar-refractivity contribution in [2.45, 2.75) is 33.7 Å². The molecule has 0 fully saturated rings. The minimum absolute atomic E-state index is 0.122. The highest BCUT2D eigenvalue weighted by molar-refractivity contribution is 5.89. The molecule has 0 aliphatic rings. The molecule has 1 aromatic heterocycles. The third-order valence-electron chi connectivity index (χ3n) is 4.00. The number of aromatic nitrogens is 2. The third kappa shape index (κ3) is 3.64. The van der Waals surface area contributed by atoms with E-state index in [0.717, 1.165) is 34.0 Å². The first-order chi connectivity index (χ1) is 10.8. The van der Waals surface area contributed by atoms with Gasteiger partial charge in [-0.1, -0.05) is 0 Å². The molecule has 124 valence electrons. The number of hydrogen-bond acceptors (Lipinski definition) is 3. The minimum atomic E-state index is -0.246. The normalized spacial score (nSPS) is 11.9. The second kappa shape index (κ2) is 6.73. The van der Waals surface area contributed by atoms with E-state index in [-0.39, 0.29) is 12.1 Å². The SMILES string of the molecule is COc1ccc(NC(=O)N[C@H](C)c2c(C)nn(C)c2C)cc1C. The molecule has 2 N–H and O–H groups in total. The summed E-state index contributed by atoms with van der Waals surface area (Å²) >= 11 is 0. The number of nitrogens with one attached hydrogen (secondary N) is 2. The molecule has 0 spiro atoms. The quantitative estimate of drug-likeness (QED) is 0.910. The average Bonchev–Trinajstić information content (AvgIpc) is 2.72. The molecule has 0 unspecified atom stereocenters. The molecule has 0 saturated carbocycles. The largest absolute Gasteiger partial charge is 0.496 e. The van der Waals surface area contributed by atoms with Crippen LogP contribution in [0.5, 0.6) is 5.75 Å². The Labute approximate surface area is 136 Å². The summed E-state index contributed by atoms with van der Waals surface area (Å²) < 4.78 is 7.05. The molecule has 2 aromatic rings. The summed E-state index contributed by atoms with van der Waals surface area (Å²) in [4.78, 5) is 12.2. The maximum Gasteiger partial charge on any atom is 0.319 e. The molecular formula is C17H24N4O2. The van der Waals surface area contributed by atoms with Crippen molar-refractivity contribution in [1.29, 1.82) is 0 Å². The Hall–Kier alpha value is -2.50. The molecule has 0 aliphatic heterocycles. The number of carbonyl (C=O) groups excluding carboxylic acids is 1. The van der Waals surface area contributed by atoms with Gasteiger partial charge in [0.15, 0.2) is 0 Å². The smallest absolute Gasteiger partial charge is 0.319 e. The van der Waals surface area contributed by atoms with Crippen molar-refractivity contribution in [3.05, 3.63) is 40.7 Å². The minimum Gasteiger partial charge on any atom is -0.496 e. The molecule has 1 atom stereocenters. The monoisotopic (exact) mass is 316 g/mol. The van der Waals surface area contributed by atoms with Crippen LogP contribution in [0.15, 0.2) is 18.2 Å². The molecule has 0 saturated heterocycles. The molecule has 6 nitrogen and oxygen atoms in total. The lowest BCUT2D eigenvalue weighted by atomic mass is 10.1. The maximum absolute atomic E-state index is 12.2. The van der Waals surface area contributed by atoms with Gasteiger partial charge in [-0.25, -0.2) is 4.79 Å². The summed E-state index contributed by atoms with van der Waals surface area (Å²) in [6.07, 6.45) is 0. The van der Waals surface area contributed by atoms with Crippen molar-refractivity contribution < 1.29 is 9.53 Å². The number of aryl methyl sites for hydroxylation is 3. The Morgan fingerprint density at radius 1 is 1.30 bits per heavy atom. The van der Waals surface area contributed by atoms with Crippen LogP contribution in [0.3, 0.4) is 0 Å². The summed E-state index contributed by atoms with van der Waals surface area (Å²) in [5.74, 6) is 0.797. The second-order valence-electron chi connectivity index (χ2n) is 5.71. The van der Waals surface area contributed by atoms with Crippen molar-refractivity contribution in [1.82, 2.24) is 15.1 Å². The fourth-order valence-corrected chi connectivity index (χ4v) is 2.81. The first-order valence-corrected chi connectivity index (χ1v) is 7.55. The zero-order chi connectivity index (χ0) is 17.1. The third-order valence-corrected chi connectivity index (χ3v) is 4.00. The highest BCUT2D eigenvalue weighted by Crippen LogP contribution is 2.23. The van der Waals surface area contributed by atoms with Crippen LogP contribution in [0.25, 0.3) is 0 Å². The summed E-state index contributed by atoms with van der Waals surface area (Å²) in [5, 5.41) is 10.2. The Morgan fingerprint density at radius 2 is 2.00 bits per heavy atom. The summed E-state index contributed by atoms with van der Waals surface area (Å²) in [5.41, 5.74) is 4.73. The Balaban J connectivity index is 2.06. The van der Waals surface area contributed by atoms with Crippen LogP contribution in [0.4, 0.5) is 10.5 Å².